The zero-order valence-electron chi connectivity index (χ0n) is 8.79. The second-order valence-electron chi connectivity index (χ2n) is 3.69. The summed E-state index contributed by atoms with van der Waals surface area (Å²) in [6, 6.07) is 8.18. The lowest BCUT2D eigenvalue weighted by Crippen LogP contribution is -2.12. The van der Waals surface area contributed by atoms with Crippen LogP contribution in [0.4, 0.5) is 4.39 Å². The van der Waals surface area contributed by atoms with Gasteiger partial charge in [0.15, 0.2) is 0 Å². The lowest BCUT2D eigenvalue weighted by molar-refractivity contribution is 0.622. The average Bonchev–Trinajstić information content (AvgIpc) is 2.70. The molecule has 0 aliphatic heterocycles. The van der Waals surface area contributed by atoms with Crippen molar-refractivity contribution in [2.45, 2.75) is 12.5 Å². The quantitative estimate of drug-likeness (QED) is 0.876. The highest BCUT2D eigenvalue weighted by Gasteiger charge is 2.12. The minimum Gasteiger partial charge on any atom is -0.323 e. The van der Waals surface area contributed by atoms with Gasteiger partial charge in [-0.15, -0.1) is 11.3 Å². The van der Waals surface area contributed by atoms with Crippen LogP contribution in [-0.4, -0.2) is 0 Å². The molecule has 2 aromatic rings. The number of rotatable bonds is 3. The van der Waals surface area contributed by atoms with E-state index in [1.807, 2.05) is 12.1 Å². The molecule has 2 N–H and O–H groups in total. The van der Waals surface area contributed by atoms with Crippen molar-refractivity contribution in [2.75, 3.05) is 0 Å². The minimum atomic E-state index is -0.250. The van der Waals surface area contributed by atoms with Crippen LogP contribution in [0, 0.1) is 5.82 Å². The molecule has 0 saturated carbocycles. The standard InChI is InChI=1S/C12H10BrClFNS/c13-9-2-1-8(15)5-7(9)6-10(16)11-3-4-12(14)17-11/h1-5,10H,6,16H2. The molecule has 0 fully saturated rings. The Hall–Kier alpha value is -0.420. The number of thiophene rings is 1. The van der Waals surface area contributed by atoms with Crippen molar-refractivity contribution in [1.82, 2.24) is 0 Å². The minimum absolute atomic E-state index is 0.161. The molecule has 1 aromatic heterocycles. The second kappa shape index (κ2) is 5.48. The smallest absolute Gasteiger partial charge is 0.123 e. The molecule has 1 atom stereocenters. The number of hydrogen-bond acceptors (Lipinski definition) is 2. The number of halogens is 3. The highest BCUT2D eigenvalue weighted by Crippen LogP contribution is 2.29. The molecule has 0 bridgehead atoms. The summed E-state index contributed by atoms with van der Waals surface area (Å²) >= 11 is 10.7. The molecule has 0 aliphatic rings. The van der Waals surface area contributed by atoms with E-state index >= 15 is 0 Å². The highest BCUT2D eigenvalue weighted by atomic mass is 79.9. The molecule has 0 radical (unpaired) electrons. The Labute approximate surface area is 117 Å². The van der Waals surface area contributed by atoms with Gasteiger partial charge in [-0.1, -0.05) is 27.5 Å². The van der Waals surface area contributed by atoms with E-state index in [4.69, 9.17) is 17.3 Å². The van der Waals surface area contributed by atoms with Crippen molar-refractivity contribution in [2.24, 2.45) is 5.73 Å². The van der Waals surface area contributed by atoms with Crippen molar-refractivity contribution in [3.05, 3.63) is 55.4 Å². The van der Waals surface area contributed by atoms with E-state index in [1.165, 1.54) is 23.5 Å². The lowest BCUT2D eigenvalue weighted by Gasteiger charge is -2.11. The van der Waals surface area contributed by atoms with Crippen LogP contribution >= 0.6 is 38.9 Å². The van der Waals surface area contributed by atoms with E-state index in [0.29, 0.717) is 10.8 Å². The molecule has 90 valence electrons. The van der Waals surface area contributed by atoms with Gasteiger partial charge < -0.3 is 5.73 Å². The van der Waals surface area contributed by atoms with Crippen LogP contribution in [0.3, 0.4) is 0 Å². The maximum atomic E-state index is 13.1. The third-order valence-electron chi connectivity index (χ3n) is 2.41. The monoisotopic (exact) mass is 333 g/mol. The van der Waals surface area contributed by atoms with Gasteiger partial charge in [0.05, 0.1) is 4.34 Å². The van der Waals surface area contributed by atoms with Crippen LogP contribution in [-0.2, 0) is 6.42 Å². The van der Waals surface area contributed by atoms with Crippen molar-refractivity contribution >= 4 is 38.9 Å². The van der Waals surface area contributed by atoms with Crippen molar-refractivity contribution in [3.63, 3.8) is 0 Å². The van der Waals surface area contributed by atoms with Crippen LogP contribution in [0.15, 0.2) is 34.8 Å². The largest absolute Gasteiger partial charge is 0.323 e. The molecule has 2 rings (SSSR count). The van der Waals surface area contributed by atoms with Crippen molar-refractivity contribution in [3.8, 4) is 0 Å². The van der Waals surface area contributed by atoms with Gasteiger partial charge in [0.2, 0.25) is 0 Å². The zero-order valence-corrected chi connectivity index (χ0v) is 11.9. The summed E-state index contributed by atoms with van der Waals surface area (Å²) in [6.07, 6.45) is 0.579. The average molecular weight is 335 g/mol. The normalized spacial score (nSPS) is 12.7. The van der Waals surface area contributed by atoms with Gasteiger partial charge in [-0.2, -0.15) is 0 Å². The molecular formula is C12H10BrClFNS. The van der Waals surface area contributed by atoms with E-state index in [-0.39, 0.29) is 11.9 Å². The van der Waals surface area contributed by atoms with Crippen LogP contribution in [0.5, 0.6) is 0 Å². The molecule has 0 saturated heterocycles. The van der Waals surface area contributed by atoms with E-state index in [2.05, 4.69) is 15.9 Å². The molecular weight excluding hydrogens is 325 g/mol. The predicted octanol–water partition coefficient (Wildman–Crippen LogP) is 4.55. The molecule has 5 heteroatoms. The number of nitrogens with two attached hydrogens (primary N) is 1. The fourth-order valence-corrected chi connectivity index (χ4v) is 3.04. The van der Waals surface area contributed by atoms with Gasteiger partial charge in [-0.3, -0.25) is 0 Å². The summed E-state index contributed by atoms with van der Waals surface area (Å²) in [6.45, 7) is 0. The Balaban J connectivity index is 2.18. The first-order valence-corrected chi connectivity index (χ1v) is 7.00. The molecule has 0 amide bonds. The molecule has 1 nitrogen and oxygen atoms in total. The SMILES string of the molecule is NC(Cc1cc(F)ccc1Br)c1ccc(Cl)s1. The molecule has 1 aromatic carbocycles. The highest BCUT2D eigenvalue weighted by molar-refractivity contribution is 9.10. The van der Waals surface area contributed by atoms with Crippen LogP contribution < -0.4 is 5.73 Å². The fourth-order valence-electron chi connectivity index (χ4n) is 1.56. The van der Waals surface area contributed by atoms with Crippen LogP contribution in [0.2, 0.25) is 4.34 Å². The second-order valence-corrected chi connectivity index (χ2v) is 6.29. The summed E-state index contributed by atoms with van der Waals surface area (Å²) < 4.78 is 14.7. The fraction of sp³-hybridized carbons (Fsp3) is 0.167. The van der Waals surface area contributed by atoms with Gasteiger partial charge in [-0.05, 0) is 42.3 Å². The summed E-state index contributed by atoms with van der Waals surface area (Å²) in [4.78, 5) is 1.01. The number of hydrogen-bond donors (Lipinski definition) is 1. The maximum Gasteiger partial charge on any atom is 0.123 e. The molecule has 17 heavy (non-hydrogen) atoms. The summed E-state index contributed by atoms with van der Waals surface area (Å²) in [5.74, 6) is -0.250. The Morgan fingerprint density at radius 1 is 1.35 bits per heavy atom. The van der Waals surface area contributed by atoms with Gasteiger partial charge in [0.25, 0.3) is 0 Å². The lowest BCUT2D eigenvalue weighted by atomic mass is 10.1. The van der Waals surface area contributed by atoms with Crippen molar-refractivity contribution in [1.29, 1.82) is 0 Å². The van der Waals surface area contributed by atoms with E-state index in [9.17, 15) is 4.39 Å². The maximum absolute atomic E-state index is 13.1. The first-order chi connectivity index (χ1) is 8.06. The third kappa shape index (κ3) is 3.28. The first-order valence-electron chi connectivity index (χ1n) is 5.01. The first kappa shape index (κ1) is 13.0. The van der Waals surface area contributed by atoms with E-state index in [0.717, 1.165) is 14.9 Å². The molecule has 0 aliphatic carbocycles. The van der Waals surface area contributed by atoms with E-state index < -0.39 is 0 Å². The third-order valence-corrected chi connectivity index (χ3v) is 4.54. The van der Waals surface area contributed by atoms with Crippen LogP contribution in [0.25, 0.3) is 0 Å². The Kier molecular flexibility index (Phi) is 4.20. The van der Waals surface area contributed by atoms with Gasteiger partial charge in [-0.25, -0.2) is 4.39 Å². The van der Waals surface area contributed by atoms with Crippen LogP contribution in [0.1, 0.15) is 16.5 Å². The Bertz CT molecular complexity index is 529. The molecule has 1 heterocycles. The Morgan fingerprint density at radius 3 is 2.76 bits per heavy atom. The van der Waals surface area contributed by atoms with Crippen molar-refractivity contribution < 1.29 is 4.39 Å². The van der Waals surface area contributed by atoms with Gasteiger partial charge >= 0.3 is 0 Å². The summed E-state index contributed by atoms with van der Waals surface area (Å²) in [7, 11) is 0. The molecule has 1 unspecified atom stereocenters. The zero-order chi connectivity index (χ0) is 12.4. The Morgan fingerprint density at radius 2 is 2.12 bits per heavy atom. The van der Waals surface area contributed by atoms with Gasteiger partial charge in [0, 0.05) is 15.4 Å². The van der Waals surface area contributed by atoms with Gasteiger partial charge in [0.1, 0.15) is 5.82 Å². The summed E-state index contributed by atoms with van der Waals surface area (Å²) in [5, 5.41) is 0. The summed E-state index contributed by atoms with van der Waals surface area (Å²) in [5.41, 5.74) is 6.93. The molecule has 0 spiro atoms. The topological polar surface area (TPSA) is 26.0 Å². The van der Waals surface area contributed by atoms with E-state index in [1.54, 1.807) is 6.07 Å². The number of benzene rings is 1. The predicted molar refractivity (Wildman–Crippen MR) is 74.1 cm³/mol.